The van der Waals surface area contributed by atoms with Crippen molar-refractivity contribution in [3.05, 3.63) is 105 Å². The average molecular weight is 502 g/mol. The molecule has 0 radical (unpaired) electrons. The zero-order chi connectivity index (χ0) is 23.1. The van der Waals surface area contributed by atoms with E-state index in [1.165, 1.54) is 12.1 Å². The van der Waals surface area contributed by atoms with Crippen molar-refractivity contribution < 1.29 is 9.18 Å². The Morgan fingerprint density at radius 2 is 1.88 bits per heavy atom. The fourth-order valence-corrected chi connectivity index (χ4v) is 5.40. The zero-order valence-electron chi connectivity index (χ0n) is 18.1. The van der Waals surface area contributed by atoms with Gasteiger partial charge in [0.1, 0.15) is 11.6 Å². The molecule has 2 aliphatic rings. The molecule has 1 aliphatic carbocycles. The summed E-state index contributed by atoms with van der Waals surface area (Å²) in [6, 6.07) is 18.4. The monoisotopic (exact) mass is 501 g/mol. The van der Waals surface area contributed by atoms with E-state index in [0.29, 0.717) is 35.4 Å². The van der Waals surface area contributed by atoms with Crippen LogP contribution in [0.5, 0.6) is 0 Å². The van der Waals surface area contributed by atoms with E-state index in [1.54, 1.807) is 12.1 Å². The molecule has 2 heterocycles. The third-order valence-corrected chi connectivity index (χ3v) is 6.77. The lowest BCUT2D eigenvalue weighted by molar-refractivity contribution is -0.116. The summed E-state index contributed by atoms with van der Waals surface area (Å²) in [4.78, 5) is 15.4. The van der Waals surface area contributed by atoms with Crippen LogP contribution in [0.25, 0.3) is 5.82 Å². The maximum absolute atomic E-state index is 14.3. The van der Waals surface area contributed by atoms with Crippen molar-refractivity contribution in [2.24, 2.45) is 0 Å². The molecule has 1 atom stereocenters. The first-order valence-corrected chi connectivity index (χ1v) is 11.6. The maximum Gasteiger partial charge on any atom is 0.161 e. The Morgan fingerprint density at radius 3 is 2.58 bits per heavy atom. The van der Waals surface area contributed by atoms with Crippen molar-refractivity contribution in [3.63, 3.8) is 0 Å². The van der Waals surface area contributed by atoms with Gasteiger partial charge >= 0.3 is 0 Å². The average Bonchev–Trinajstić information content (AvgIpc) is 3.33. The summed E-state index contributed by atoms with van der Waals surface area (Å²) in [5.74, 6) is -0.304. The summed E-state index contributed by atoms with van der Waals surface area (Å²) in [5.41, 5.74) is 4.45. The van der Waals surface area contributed by atoms with Gasteiger partial charge in [0, 0.05) is 34.6 Å². The van der Waals surface area contributed by atoms with Crippen molar-refractivity contribution in [1.29, 1.82) is 5.26 Å². The minimum Gasteiger partial charge on any atom is -0.309 e. The molecule has 5 rings (SSSR count). The number of hydrogen-bond acceptors (Lipinski definition) is 3. The topological polar surface area (TPSA) is 49.0 Å². The summed E-state index contributed by atoms with van der Waals surface area (Å²) >= 11 is 3.54. The predicted molar refractivity (Wildman–Crippen MR) is 130 cm³/mol. The Labute approximate surface area is 200 Å². The van der Waals surface area contributed by atoms with Crippen LogP contribution in [0.3, 0.4) is 0 Å². The highest BCUT2D eigenvalue weighted by molar-refractivity contribution is 9.10. The molecule has 2 aromatic carbocycles. The summed E-state index contributed by atoms with van der Waals surface area (Å²) in [7, 11) is 0. The number of nitriles is 1. The standard InChI is InChI=1S/C27H21BrFN3O/c1-17-14-19(28)10-11-22(17)32-23-8-5-9-24(33)26(23)25(18-6-4-7-20(29)15-18)21(16-30)27(32)31-12-2-3-13-31/h2-4,6-7,10-15,25H,5,8-9H2,1H3/t25-/m0/s1. The number of ketones is 1. The SMILES string of the molecule is Cc1cc(Br)ccc1N1C2=C(C(=O)CCC2)[C@@H](c2cccc(F)c2)C(C#N)=C1n1cccc1. The van der Waals surface area contributed by atoms with Crippen molar-refractivity contribution in [1.82, 2.24) is 4.57 Å². The van der Waals surface area contributed by atoms with E-state index in [0.717, 1.165) is 27.8 Å². The molecule has 0 amide bonds. The normalized spacial score (nSPS) is 18.4. The second-order valence-electron chi connectivity index (χ2n) is 8.33. The van der Waals surface area contributed by atoms with E-state index < -0.39 is 5.92 Å². The number of carbonyl (C=O) groups is 1. The number of carbonyl (C=O) groups excluding carboxylic acids is 1. The zero-order valence-corrected chi connectivity index (χ0v) is 19.6. The van der Waals surface area contributed by atoms with Gasteiger partial charge in [-0.1, -0.05) is 28.1 Å². The van der Waals surface area contributed by atoms with E-state index in [2.05, 4.69) is 26.9 Å². The number of Topliss-reactive ketones (excluding diaryl/α,β-unsaturated/α-hetero) is 1. The van der Waals surface area contributed by atoms with Crippen LogP contribution in [0, 0.1) is 24.1 Å². The van der Waals surface area contributed by atoms with Gasteiger partial charge in [-0.2, -0.15) is 5.26 Å². The van der Waals surface area contributed by atoms with Crippen LogP contribution in [-0.2, 0) is 4.79 Å². The van der Waals surface area contributed by atoms with Crippen LogP contribution in [0.4, 0.5) is 10.1 Å². The number of halogens is 2. The van der Waals surface area contributed by atoms with Crippen LogP contribution in [0.1, 0.15) is 36.3 Å². The molecule has 6 heteroatoms. The summed E-state index contributed by atoms with van der Waals surface area (Å²) in [6.07, 6.45) is 5.65. The molecule has 0 unspecified atom stereocenters. The van der Waals surface area contributed by atoms with E-state index >= 15 is 0 Å². The Bertz CT molecular complexity index is 1360. The van der Waals surface area contributed by atoms with E-state index in [4.69, 9.17) is 0 Å². The van der Waals surface area contributed by atoms with E-state index in [1.807, 2.05) is 54.2 Å². The molecule has 164 valence electrons. The molecular formula is C27H21BrFN3O. The van der Waals surface area contributed by atoms with Gasteiger partial charge in [0.2, 0.25) is 0 Å². The third-order valence-electron chi connectivity index (χ3n) is 6.28. The minimum atomic E-state index is -0.613. The molecule has 0 bridgehead atoms. The lowest BCUT2D eigenvalue weighted by Crippen LogP contribution is -2.37. The van der Waals surface area contributed by atoms with Crippen molar-refractivity contribution >= 4 is 33.2 Å². The van der Waals surface area contributed by atoms with Crippen LogP contribution in [-0.4, -0.2) is 10.4 Å². The number of allylic oxidation sites excluding steroid dienone is 3. The number of benzene rings is 2. The highest BCUT2D eigenvalue weighted by Gasteiger charge is 2.41. The Balaban J connectivity index is 1.87. The molecule has 0 N–H and O–H groups in total. The number of aromatic nitrogens is 1. The molecule has 1 aliphatic heterocycles. The van der Waals surface area contributed by atoms with Crippen LogP contribution in [0.15, 0.2) is 88.3 Å². The molecule has 0 spiro atoms. The number of anilines is 1. The van der Waals surface area contributed by atoms with E-state index in [-0.39, 0.29) is 11.6 Å². The highest BCUT2D eigenvalue weighted by atomic mass is 79.9. The first-order chi connectivity index (χ1) is 16.0. The molecule has 4 nitrogen and oxygen atoms in total. The smallest absolute Gasteiger partial charge is 0.161 e. The first kappa shape index (κ1) is 21.4. The number of hydrogen-bond donors (Lipinski definition) is 0. The number of nitrogens with zero attached hydrogens (tertiary/aromatic N) is 3. The molecular weight excluding hydrogens is 481 g/mol. The molecule has 0 saturated heterocycles. The molecule has 1 aromatic heterocycles. The van der Waals surface area contributed by atoms with Gasteiger partial charge in [-0.25, -0.2) is 4.39 Å². The number of aryl methyl sites for hydroxylation is 1. The maximum atomic E-state index is 14.3. The van der Waals surface area contributed by atoms with Gasteiger partial charge in [-0.05, 0) is 73.4 Å². The van der Waals surface area contributed by atoms with Crippen LogP contribution >= 0.6 is 15.9 Å². The van der Waals surface area contributed by atoms with Crippen molar-refractivity contribution in [2.45, 2.75) is 32.1 Å². The molecule has 0 fully saturated rings. The molecule has 0 saturated carbocycles. The summed E-state index contributed by atoms with van der Waals surface area (Å²) < 4.78 is 17.1. The fourth-order valence-electron chi connectivity index (χ4n) is 4.92. The van der Waals surface area contributed by atoms with E-state index in [9.17, 15) is 14.4 Å². The van der Waals surface area contributed by atoms with Crippen LogP contribution in [0.2, 0.25) is 0 Å². The Hall–Kier alpha value is -3.43. The Morgan fingerprint density at radius 1 is 1.09 bits per heavy atom. The molecule has 33 heavy (non-hydrogen) atoms. The van der Waals surface area contributed by atoms with Gasteiger partial charge in [-0.15, -0.1) is 0 Å². The quantitative estimate of drug-likeness (QED) is 0.401. The summed E-state index contributed by atoms with van der Waals surface area (Å²) in [6.45, 7) is 2.02. The van der Waals surface area contributed by atoms with Crippen molar-refractivity contribution in [2.75, 3.05) is 4.90 Å². The van der Waals surface area contributed by atoms with Crippen LogP contribution < -0.4 is 4.90 Å². The summed E-state index contributed by atoms with van der Waals surface area (Å²) in [5, 5.41) is 10.4. The van der Waals surface area contributed by atoms with Gasteiger partial charge < -0.3 is 4.57 Å². The number of rotatable bonds is 3. The minimum absolute atomic E-state index is 0.0181. The van der Waals surface area contributed by atoms with Gasteiger partial charge in [0.25, 0.3) is 0 Å². The Kier molecular flexibility index (Phi) is 5.51. The second-order valence-corrected chi connectivity index (χ2v) is 9.25. The van der Waals surface area contributed by atoms with Gasteiger partial charge in [0.05, 0.1) is 23.2 Å². The predicted octanol–water partition coefficient (Wildman–Crippen LogP) is 6.70. The lowest BCUT2D eigenvalue weighted by atomic mass is 9.75. The van der Waals surface area contributed by atoms with Gasteiger partial charge in [0.15, 0.2) is 5.78 Å². The van der Waals surface area contributed by atoms with Gasteiger partial charge in [-0.3, -0.25) is 9.69 Å². The molecule has 3 aromatic rings. The van der Waals surface area contributed by atoms with Crippen molar-refractivity contribution in [3.8, 4) is 6.07 Å². The lowest BCUT2D eigenvalue weighted by Gasteiger charge is -2.41. The largest absolute Gasteiger partial charge is 0.309 e. The first-order valence-electron chi connectivity index (χ1n) is 10.8. The fraction of sp³-hybridized carbons (Fsp3) is 0.185. The highest BCUT2D eigenvalue weighted by Crippen LogP contribution is 2.49. The second kappa shape index (κ2) is 8.49. The third kappa shape index (κ3) is 3.63.